The number of rotatable bonds is 10. The zero-order valence-corrected chi connectivity index (χ0v) is 35.9. The number of hydrogen-bond acceptors (Lipinski definition) is 10. The SMILES string of the molecule is CC([C@H]1CC[C@H](n2cc(NC(=O)c3cnn4ccc(C5CC6C[C@@H]5CO6)nc34)c(C(F)F)n2)CC1)N1CCC(OCC#Cc2cccc3c2n(C)c(=O)n3C2CCC(=O)NC2=O)CC1. The molecule has 3 aliphatic heterocycles. The van der Waals surface area contributed by atoms with Crippen molar-refractivity contribution in [1.29, 1.82) is 0 Å². The Bertz CT molecular complexity index is 2730. The number of halogens is 2. The van der Waals surface area contributed by atoms with Gasteiger partial charge in [-0.1, -0.05) is 17.9 Å². The van der Waals surface area contributed by atoms with Crippen LogP contribution < -0.4 is 16.3 Å². The number of nitrogens with one attached hydrogen (secondary N) is 2. The van der Waals surface area contributed by atoms with Gasteiger partial charge in [0.05, 0.1) is 53.3 Å². The average molecular weight is 879 g/mol. The van der Waals surface area contributed by atoms with Gasteiger partial charge in [0.1, 0.15) is 18.2 Å². The van der Waals surface area contributed by atoms with Gasteiger partial charge in [-0.25, -0.2) is 23.1 Å². The van der Waals surface area contributed by atoms with E-state index in [4.69, 9.17) is 14.5 Å². The highest BCUT2D eigenvalue weighted by atomic mass is 19.3. The number of nitrogens with zero attached hydrogens (tertiary/aromatic N) is 8. The van der Waals surface area contributed by atoms with Crippen LogP contribution in [0.4, 0.5) is 14.5 Å². The monoisotopic (exact) mass is 878 g/mol. The molecule has 64 heavy (non-hydrogen) atoms. The van der Waals surface area contributed by atoms with Crippen LogP contribution in [-0.4, -0.2) is 101 Å². The molecule has 3 amide bonds. The number of ether oxygens (including phenoxy) is 2. The molecule has 18 heteroatoms. The van der Waals surface area contributed by atoms with Gasteiger partial charge in [-0.2, -0.15) is 10.2 Å². The van der Waals surface area contributed by atoms with E-state index in [1.54, 1.807) is 30.2 Å². The van der Waals surface area contributed by atoms with Crippen LogP contribution in [0.3, 0.4) is 0 Å². The van der Waals surface area contributed by atoms with Crippen LogP contribution in [0.25, 0.3) is 16.7 Å². The van der Waals surface area contributed by atoms with E-state index in [1.807, 2.05) is 18.2 Å². The van der Waals surface area contributed by atoms with Crippen LogP contribution in [0.1, 0.15) is 123 Å². The Hall–Kier alpha value is -5.77. The summed E-state index contributed by atoms with van der Waals surface area (Å²) in [5.41, 5.74) is 2.60. The second-order valence-electron chi connectivity index (χ2n) is 18.1. The molecule has 5 atom stereocenters. The second kappa shape index (κ2) is 17.3. The minimum absolute atomic E-state index is 0.00152. The van der Waals surface area contributed by atoms with Gasteiger partial charge in [-0.15, -0.1) is 0 Å². The summed E-state index contributed by atoms with van der Waals surface area (Å²) in [4.78, 5) is 58.5. The molecule has 0 radical (unpaired) electrons. The Morgan fingerprint density at radius 1 is 1.06 bits per heavy atom. The number of fused-ring (bicyclic) bond motifs is 4. The molecule has 4 unspecified atom stereocenters. The van der Waals surface area contributed by atoms with Crippen LogP contribution in [0.2, 0.25) is 0 Å². The normalized spacial score (nSPS) is 25.8. The molecular formula is C46H52F2N10O6. The number of aromatic nitrogens is 7. The zero-order chi connectivity index (χ0) is 44.2. The van der Waals surface area contributed by atoms with E-state index < -0.39 is 30.0 Å². The lowest BCUT2D eigenvalue weighted by Gasteiger charge is -2.41. The average Bonchev–Trinajstić information content (AvgIpc) is 4.15. The number of benzene rings is 1. The number of imide groups is 1. The Labute approximate surface area is 367 Å². The summed E-state index contributed by atoms with van der Waals surface area (Å²) in [6, 6.07) is 6.91. The molecule has 4 aromatic heterocycles. The van der Waals surface area contributed by atoms with E-state index in [9.17, 15) is 28.0 Å². The summed E-state index contributed by atoms with van der Waals surface area (Å²) in [5.74, 6) is 6.05. The molecule has 336 valence electrons. The number of imidazole rings is 1. The Kier molecular flexibility index (Phi) is 11.4. The van der Waals surface area contributed by atoms with Crippen molar-refractivity contribution in [2.45, 2.75) is 114 Å². The minimum atomic E-state index is -2.86. The highest BCUT2D eigenvalue weighted by molar-refractivity contribution is 6.08. The number of carbonyl (C=O) groups excluding carboxylic acids is 3. The standard InChI is InChI=1S/C46H52F2N10O6/c1-26(55-17-14-31(15-18-55)63-20-4-6-28-5-3-7-37-41(28)54(2)46(62)58(37)38-12-13-39(59)52-45(38)61)27-8-10-30(11-9-27)57-24-36(40(53-57)42(47)48)51-44(60)34-23-49-56-19-16-35(50-43(34)56)33-22-32-21-29(33)25-64-32/h3,5,7,16,19,23-24,26-27,29-33,38,42H,8-15,17-18,20-22,25H2,1-2H3,(H,51,60)(H,52,59,61)/t26?,27-,29-,30-,32?,33?,38?/m1/s1. The minimum Gasteiger partial charge on any atom is -0.378 e. The third-order valence-corrected chi connectivity index (χ3v) is 14.5. The highest BCUT2D eigenvalue weighted by Gasteiger charge is 2.42. The molecule has 1 aromatic carbocycles. The van der Waals surface area contributed by atoms with Gasteiger partial charge in [0, 0.05) is 56.6 Å². The van der Waals surface area contributed by atoms with E-state index in [1.165, 1.54) is 19.8 Å². The number of para-hydroxylation sites is 1. The summed E-state index contributed by atoms with van der Waals surface area (Å²) >= 11 is 0. The van der Waals surface area contributed by atoms with Crippen molar-refractivity contribution >= 4 is 40.1 Å². The number of hydrogen-bond donors (Lipinski definition) is 2. The number of carbonyl (C=O) groups is 3. The molecule has 5 fully saturated rings. The van der Waals surface area contributed by atoms with Crippen molar-refractivity contribution in [3.63, 3.8) is 0 Å². The molecule has 2 aliphatic carbocycles. The van der Waals surface area contributed by atoms with Crippen molar-refractivity contribution in [3.8, 4) is 11.8 Å². The van der Waals surface area contributed by atoms with Crippen molar-refractivity contribution in [2.75, 3.05) is 31.6 Å². The van der Waals surface area contributed by atoms with Crippen LogP contribution in [0, 0.1) is 23.7 Å². The Morgan fingerprint density at radius 3 is 2.61 bits per heavy atom. The maximum atomic E-state index is 14.3. The van der Waals surface area contributed by atoms with Gasteiger partial charge in [0.2, 0.25) is 11.8 Å². The van der Waals surface area contributed by atoms with E-state index in [0.717, 1.165) is 70.2 Å². The second-order valence-corrected chi connectivity index (χ2v) is 18.1. The fourth-order valence-electron chi connectivity index (χ4n) is 11.0. The first-order chi connectivity index (χ1) is 31.0. The fraction of sp³-hybridized carbons (Fsp3) is 0.543. The number of piperidine rings is 2. The lowest BCUT2D eigenvalue weighted by atomic mass is 9.81. The van der Waals surface area contributed by atoms with Gasteiger partial charge in [0.25, 0.3) is 12.3 Å². The number of anilines is 1. The number of likely N-dealkylation sites (tertiary alicyclic amines) is 1. The van der Waals surface area contributed by atoms with Gasteiger partial charge in [-0.05, 0) is 94.7 Å². The first kappa shape index (κ1) is 42.2. The maximum absolute atomic E-state index is 14.3. The van der Waals surface area contributed by atoms with Crippen LogP contribution >= 0.6 is 0 Å². The predicted octanol–water partition coefficient (Wildman–Crippen LogP) is 5.29. The van der Waals surface area contributed by atoms with E-state index in [2.05, 4.69) is 44.5 Å². The van der Waals surface area contributed by atoms with E-state index in [0.29, 0.717) is 46.7 Å². The molecule has 3 saturated heterocycles. The third kappa shape index (κ3) is 7.91. The van der Waals surface area contributed by atoms with Crippen molar-refractivity contribution in [2.24, 2.45) is 18.9 Å². The fourth-order valence-corrected chi connectivity index (χ4v) is 11.0. The summed E-state index contributed by atoms with van der Waals surface area (Å²) in [5, 5.41) is 13.7. The van der Waals surface area contributed by atoms with Crippen LogP contribution in [-0.2, 0) is 26.1 Å². The van der Waals surface area contributed by atoms with Gasteiger partial charge in [-0.3, -0.25) is 33.5 Å². The van der Waals surface area contributed by atoms with Gasteiger partial charge in [0.15, 0.2) is 11.3 Å². The maximum Gasteiger partial charge on any atom is 0.329 e. The number of amides is 3. The van der Waals surface area contributed by atoms with Crippen LogP contribution in [0.5, 0.6) is 0 Å². The smallest absolute Gasteiger partial charge is 0.329 e. The molecule has 5 aliphatic rings. The molecule has 16 nitrogen and oxygen atoms in total. The first-order valence-corrected chi connectivity index (χ1v) is 22.5. The van der Waals surface area contributed by atoms with E-state index in [-0.39, 0.29) is 66.5 Å². The molecule has 7 heterocycles. The van der Waals surface area contributed by atoms with Crippen molar-refractivity contribution < 1.29 is 32.6 Å². The number of aryl methyl sites for hydroxylation is 1. The lowest BCUT2D eigenvalue weighted by molar-refractivity contribution is -0.135. The molecule has 0 spiro atoms. The Balaban J connectivity index is 0.712. The molecule has 2 bridgehead atoms. The predicted molar refractivity (Wildman–Crippen MR) is 230 cm³/mol. The molecule has 2 saturated carbocycles. The zero-order valence-electron chi connectivity index (χ0n) is 35.9. The highest BCUT2D eigenvalue weighted by Crippen LogP contribution is 2.45. The number of alkyl halides is 2. The van der Waals surface area contributed by atoms with Crippen LogP contribution in [0.15, 0.2) is 47.7 Å². The van der Waals surface area contributed by atoms with Crippen molar-refractivity contribution in [1.82, 2.24) is 43.7 Å². The third-order valence-electron chi connectivity index (χ3n) is 14.5. The largest absolute Gasteiger partial charge is 0.378 e. The van der Waals surface area contributed by atoms with Gasteiger partial charge >= 0.3 is 5.69 Å². The Morgan fingerprint density at radius 2 is 1.88 bits per heavy atom. The quantitative estimate of drug-likeness (QED) is 0.139. The topological polar surface area (TPSA) is 172 Å². The lowest BCUT2D eigenvalue weighted by Crippen LogP contribution is -2.46. The van der Waals surface area contributed by atoms with Crippen molar-refractivity contribution in [3.05, 3.63) is 75.9 Å². The summed E-state index contributed by atoms with van der Waals surface area (Å²) in [6.07, 6.45) is 9.79. The molecular weight excluding hydrogens is 827 g/mol. The molecule has 5 aromatic rings. The van der Waals surface area contributed by atoms with Gasteiger partial charge < -0.3 is 19.7 Å². The molecule has 2 N–H and O–H groups in total. The first-order valence-electron chi connectivity index (χ1n) is 22.5. The summed E-state index contributed by atoms with van der Waals surface area (Å²) in [7, 11) is 1.66. The summed E-state index contributed by atoms with van der Waals surface area (Å²) < 4.78 is 46.8. The molecule has 10 rings (SSSR count). The summed E-state index contributed by atoms with van der Waals surface area (Å²) in [6.45, 7) is 5.03. The van der Waals surface area contributed by atoms with E-state index >= 15 is 0 Å².